The van der Waals surface area contributed by atoms with Crippen molar-refractivity contribution in [3.63, 3.8) is 0 Å². The number of likely N-dealkylation sites (tertiary alicyclic amines) is 1. The summed E-state index contributed by atoms with van der Waals surface area (Å²) in [6.07, 6.45) is 5.78. The first-order chi connectivity index (χ1) is 18.0. The zero-order chi connectivity index (χ0) is 25.4. The molecule has 0 saturated carbocycles. The lowest BCUT2D eigenvalue weighted by atomic mass is 10.1. The second-order valence-corrected chi connectivity index (χ2v) is 11.6. The molecule has 1 atom stereocenters. The van der Waals surface area contributed by atoms with Crippen LogP contribution in [0.4, 0.5) is 11.4 Å². The van der Waals surface area contributed by atoms with Gasteiger partial charge in [0.25, 0.3) is 0 Å². The Balaban J connectivity index is 1.16. The Hall–Kier alpha value is -2.72. The number of thiazole rings is 1. The first-order valence-corrected chi connectivity index (χ1v) is 14.3. The number of aromatic nitrogens is 4. The second-order valence-electron chi connectivity index (χ2n) is 10.2. The summed E-state index contributed by atoms with van der Waals surface area (Å²) >= 11 is 8.31. The van der Waals surface area contributed by atoms with Crippen LogP contribution in [0.25, 0.3) is 22.6 Å². The van der Waals surface area contributed by atoms with Crippen LogP contribution in [0.5, 0.6) is 0 Å². The van der Waals surface area contributed by atoms with Gasteiger partial charge in [0.05, 0.1) is 23.5 Å². The van der Waals surface area contributed by atoms with Gasteiger partial charge in [-0.15, -0.1) is 11.3 Å². The highest BCUT2D eigenvalue weighted by atomic mass is 35.5. The Morgan fingerprint density at radius 1 is 1.11 bits per heavy atom. The van der Waals surface area contributed by atoms with Crippen molar-refractivity contribution >= 4 is 45.5 Å². The molecule has 194 valence electrons. The molecule has 3 aromatic heterocycles. The topological polar surface area (TPSA) is 76.2 Å². The van der Waals surface area contributed by atoms with Gasteiger partial charge >= 0.3 is 0 Å². The van der Waals surface area contributed by atoms with Gasteiger partial charge in [-0.1, -0.05) is 11.6 Å². The fourth-order valence-corrected chi connectivity index (χ4v) is 6.21. The van der Waals surface area contributed by atoms with E-state index in [0.29, 0.717) is 22.8 Å². The number of H-pyrrole nitrogens is 1. The van der Waals surface area contributed by atoms with Crippen LogP contribution in [0, 0.1) is 0 Å². The molecular weight excluding hydrogens is 504 g/mol. The SMILES string of the molecule is CC1CN(c2ccc(-c3nc4ncc(Cl)c(NC5CCN(C)CC5)c4[nH]3)cc2)CCN1Cc1nccs1. The minimum atomic E-state index is 0.398. The predicted molar refractivity (Wildman–Crippen MR) is 153 cm³/mol. The van der Waals surface area contributed by atoms with Gasteiger partial charge in [-0.05, 0) is 64.2 Å². The molecule has 5 heterocycles. The molecule has 2 N–H and O–H groups in total. The van der Waals surface area contributed by atoms with Gasteiger partial charge in [0.15, 0.2) is 5.65 Å². The fourth-order valence-electron chi connectivity index (χ4n) is 5.37. The molecular formula is C27H33ClN8S. The van der Waals surface area contributed by atoms with E-state index in [1.807, 2.05) is 6.20 Å². The van der Waals surface area contributed by atoms with E-state index in [1.165, 1.54) is 10.7 Å². The van der Waals surface area contributed by atoms with Crippen molar-refractivity contribution in [2.75, 3.05) is 50.0 Å². The van der Waals surface area contributed by atoms with Gasteiger partial charge in [-0.3, -0.25) is 4.90 Å². The van der Waals surface area contributed by atoms with Gasteiger partial charge in [-0.25, -0.2) is 15.0 Å². The number of piperazine rings is 1. The summed E-state index contributed by atoms with van der Waals surface area (Å²) in [7, 11) is 2.17. The molecule has 2 aliphatic rings. The maximum absolute atomic E-state index is 6.58. The standard InChI is InChI=1S/C27H33ClN8S/c1-18-16-36(13-12-35(18)17-23-29-9-14-37-23)21-5-3-19(4-6-21)26-32-25-24(22(28)15-30-27(25)33-26)31-20-7-10-34(2)11-8-20/h3-6,9,14-15,18,20H,7-8,10-13,16-17H2,1-2H3,(H2,30,31,32,33). The Morgan fingerprint density at radius 2 is 1.92 bits per heavy atom. The molecule has 0 spiro atoms. The number of hydrogen-bond acceptors (Lipinski definition) is 8. The van der Waals surface area contributed by atoms with Crippen molar-refractivity contribution in [2.24, 2.45) is 0 Å². The zero-order valence-corrected chi connectivity index (χ0v) is 22.9. The Bertz CT molecular complexity index is 1330. The number of fused-ring (bicyclic) bond motifs is 1. The quantitative estimate of drug-likeness (QED) is 0.361. The van der Waals surface area contributed by atoms with Crippen molar-refractivity contribution in [3.8, 4) is 11.4 Å². The lowest BCUT2D eigenvalue weighted by Crippen LogP contribution is -2.51. The number of aromatic amines is 1. The van der Waals surface area contributed by atoms with Gasteiger partial charge in [0.2, 0.25) is 0 Å². The van der Waals surface area contributed by atoms with E-state index in [9.17, 15) is 0 Å². The van der Waals surface area contributed by atoms with Crippen LogP contribution in [0.3, 0.4) is 0 Å². The van der Waals surface area contributed by atoms with Crippen LogP contribution < -0.4 is 10.2 Å². The third-order valence-corrected chi connectivity index (χ3v) is 8.68. The van der Waals surface area contributed by atoms with E-state index in [2.05, 4.69) is 78.6 Å². The van der Waals surface area contributed by atoms with E-state index >= 15 is 0 Å². The molecule has 0 radical (unpaired) electrons. The molecule has 6 rings (SSSR count). The van der Waals surface area contributed by atoms with Crippen molar-refractivity contribution < 1.29 is 0 Å². The Kier molecular flexibility index (Phi) is 7.03. The van der Waals surface area contributed by atoms with Crippen LogP contribution in [-0.4, -0.2) is 81.6 Å². The van der Waals surface area contributed by atoms with Gasteiger partial charge < -0.3 is 20.1 Å². The summed E-state index contributed by atoms with van der Waals surface area (Å²) in [5.41, 5.74) is 4.74. The molecule has 2 fully saturated rings. The van der Waals surface area contributed by atoms with Gasteiger partial charge in [-0.2, -0.15) is 0 Å². The number of benzene rings is 1. The largest absolute Gasteiger partial charge is 0.379 e. The van der Waals surface area contributed by atoms with Crippen molar-refractivity contribution in [2.45, 2.75) is 38.4 Å². The smallest absolute Gasteiger partial charge is 0.180 e. The first-order valence-electron chi connectivity index (χ1n) is 13.0. The number of nitrogens with one attached hydrogen (secondary N) is 2. The van der Waals surface area contributed by atoms with Gasteiger partial charge in [0.1, 0.15) is 16.3 Å². The maximum Gasteiger partial charge on any atom is 0.180 e. The van der Waals surface area contributed by atoms with E-state index < -0.39 is 0 Å². The average Bonchev–Trinajstić information content (AvgIpc) is 3.59. The van der Waals surface area contributed by atoms with Crippen molar-refractivity contribution in [1.82, 2.24) is 29.7 Å². The van der Waals surface area contributed by atoms with E-state index in [-0.39, 0.29) is 0 Å². The summed E-state index contributed by atoms with van der Waals surface area (Å²) in [6.45, 7) is 8.46. The van der Waals surface area contributed by atoms with Crippen molar-refractivity contribution in [3.05, 3.63) is 52.1 Å². The van der Waals surface area contributed by atoms with Crippen LogP contribution in [0.2, 0.25) is 5.02 Å². The molecule has 2 aliphatic heterocycles. The second kappa shape index (κ2) is 10.6. The molecule has 4 aromatic rings. The summed E-state index contributed by atoms with van der Waals surface area (Å²) in [5.74, 6) is 0.810. The van der Waals surface area contributed by atoms with Crippen LogP contribution in [-0.2, 0) is 6.54 Å². The highest BCUT2D eigenvalue weighted by Crippen LogP contribution is 2.32. The van der Waals surface area contributed by atoms with Crippen LogP contribution in [0.15, 0.2) is 42.0 Å². The Morgan fingerprint density at radius 3 is 2.65 bits per heavy atom. The molecule has 10 heteroatoms. The van der Waals surface area contributed by atoms with Gasteiger partial charge in [0, 0.05) is 54.5 Å². The number of nitrogens with zero attached hydrogens (tertiary/aromatic N) is 6. The summed E-state index contributed by atoms with van der Waals surface area (Å²) in [4.78, 5) is 24.6. The van der Waals surface area contributed by atoms with Crippen LogP contribution in [0.1, 0.15) is 24.8 Å². The number of pyridine rings is 1. The monoisotopic (exact) mass is 536 g/mol. The molecule has 0 aliphatic carbocycles. The molecule has 37 heavy (non-hydrogen) atoms. The molecule has 1 aromatic carbocycles. The third-order valence-electron chi connectivity index (χ3n) is 7.63. The maximum atomic E-state index is 6.58. The first kappa shape index (κ1) is 24.6. The van der Waals surface area contributed by atoms with E-state index in [0.717, 1.165) is 74.7 Å². The minimum absolute atomic E-state index is 0.398. The highest BCUT2D eigenvalue weighted by molar-refractivity contribution is 7.09. The van der Waals surface area contributed by atoms with E-state index in [4.69, 9.17) is 16.6 Å². The number of piperidine rings is 1. The Labute approximate surface area is 226 Å². The predicted octanol–water partition coefficient (Wildman–Crippen LogP) is 4.95. The number of anilines is 2. The number of imidazole rings is 1. The number of hydrogen-bond donors (Lipinski definition) is 2. The average molecular weight is 537 g/mol. The fraction of sp³-hybridized carbons (Fsp3) is 0.444. The molecule has 0 amide bonds. The number of halogens is 1. The van der Waals surface area contributed by atoms with Crippen molar-refractivity contribution in [1.29, 1.82) is 0 Å². The number of rotatable bonds is 6. The molecule has 2 saturated heterocycles. The lowest BCUT2D eigenvalue weighted by molar-refractivity contribution is 0.181. The summed E-state index contributed by atoms with van der Waals surface area (Å²) in [6, 6.07) is 9.55. The molecule has 0 bridgehead atoms. The molecule has 8 nitrogen and oxygen atoms in total. The van der Waals surface area contributed by atoms with E-state index in [1.54, 1.807) is 17.5 Å². The summed E-state index contributed by atoms with van der Waals surface area (Å²) < 4.78 is 0. The lowest BCUT2D eigenvalue weighted by Gasteiger charge is -2.40. The normalized spacial score (nSPS) is 20.1. The highest BCUT2D eigenvalue weighted by Gasteiger charge is 2.25. The minimum Gasteiger partial charge on any atom is -0.379 e. The zero-order valence-electron chi connectivity index (χ0n) is 21.3. The molecule has 1 unspecified atom stereocenters. The third kappa shape index (κ3) is 5.31. The summed E-state index contributed by atoms with van der Waals surface area (Å²) in [5, 5.41) is 7.54. The van der Waals surface area contributed by atoms with Crippen LogP contribution >= 0.6 is 22.9 Å².